The van der Waals surface area contributed by atoms with Crippen molar-refractivity contribution in [2.45, 2.75) is 52.4 Å². The van der Waals surface area contributed by atoms with E-state index in [1.54, 1.807) is 20.1 Å². The molecular formula is C21H28N2O5S. The minimum absolute atomic E-state index is 0.0878. The van der Waals surface area contributed by atoms with E-state index in [9.17, 15) is 14.4 Å². The average Bonchev–Trinajstić information content (AvgIpc) is 2.76. The summed E-state index contributed by atoms with van der Waals surface area (Å²) in [5.41, 5.74) is 0.0781. The number of carbonyl (C=O) groups excluding carboxylic acids is 2. The summed E-state index contributed by atoms with van der Waals surface area (Å²) >= 11 is 1.17. The molecule has 0 saturated heterocycles. The average molecular weight is 421 g/mol. The summed E-state index contributed by atoms with van der Waals surface area (Å²) < 4.78 is 11.9. The highest BCUT2D eigenvalue weighted by atomic mass is 32.2. The predicted molar refractivity (Wildman–Crippen MR) is 114 cm³/mol. The quantitative estimate of drug-likeness (QED) is 0.347. The molecule has 0 spiro atoms. The smallest absolute Gasteiger partial charge is 0.361 e. The number of hydrogen-bond acceptors (Lipinski definition) is 7. The molecule has 2 rings (SSSR count). The van der Waals surface area contributed by atoms with Crippen molar-refractivity contribution in [1.82, 2.24) is 9.55 Å². The van der Waals surface area contributed by atoms with Crippen LogP contribution in [0, 0.1) is 0 Å². The number of aromatic nitrogens is 2. The third-order valence-corrected chi connectivity index (χ3v) is 4.38. The highest BCUT2D eigenvalue weighted by Crippen LogP contribution is 2.20. The van der Waals surface area contributed by atoms with Crippen molar-refractivity contribution >= 4 is 23.5 Å². The van der Waals surface area contributed by atoms with E-state index in [-0.39, 0.29) is 42.1 Å². The molecule has 0 amide bonds. The fourth-order valence-electron chi connectivity index (χ4n) is 2.30. The topological polar surface area (TPSA) is 87.5 Å². The second-order valence-electron chi connectivity index (χ2n) is 5.55. The van der Waals surface area contributed by atoms with Gasteiger partial charge >= 0.3 is 5.97 Å². The van der Waals surface area contributed by atoms with Crippen LogP contribution in [0.1, 0.15) is 50.2 Å². The van der Waals surface area contributed by atoms with Crippen molar-refractivity contribution < 1.29 is 19.1 Å². The molecule has 0 aliphatic carbocycles. The van der Waals surface area contributed by atoms with Crippen molar-refractivity contribution in [1.29, 1.82) is 0 Å². The first-order valence-electron chi connectivity index (χ1n) is 9.56. The third kappa shape index (κ3) is 6.74. The van der Waals surface area contributed by atoms with Crippen molar-refractivity contribution in [3.63, 3.8) is 0 Å². The molecule has 0 bridgehead atoms. The second kappa shape index (κ2) is 12.8. The number of ketones is 1. The molecule has 158 valence electrons. The Hall–Kier alpha value is -2.61. The fraction of sp³-hybridized carbons (Fsp3) is 0.429. The lowest BCUT2D eigenvalue weighted by Crippen LogP contribution is -2.30. The van der Waals surface area contributed by atoms with Crippen LogP contribution in [0.4, 0.5) is 0 Å². The van der Waals surface area contributed by atoms with Gasteiger partial charge in [0.05, 0.1) is 13.2 Å². The Morgan fingerprint density at radius 1 is 1.14 bits per heavy atom. The van der Waals surface area contributed by atoms with Gasteiger partial charge in [-0.3, -0.25) is 14.2 Å². The maximum atomic E-state index is 13.0. The van der Waals surface area contributed by atoms with Crippen LogP contribution >= 0.6 is 11.8 Å². The van der Waals surface area contributed by atoms with Crippen LogP contribution in [0.25, 0.3) is 0 Å². The Bertz CT molecular complexity index is 865. The second-order valence-corrected chi connectivity index (χ2v) is 6.33. The van der Waals surface area contributed by atoms with Gasteiger partial charge in [0.1, 0.15) is 6.61 Å². The highest BCUT2D eigenvalue weighted by Gasteiger charge is 2.24. The number of thioether (sulfide) groups is 1. The molecule has 29 heavy (non-hydrogen) atoms. The van der Waals surface area contributed by atoms with Gasteiger partial charge in [0.25, 0.3) is 5.56 Å². The molecule has 0 fully saturated rings. The zero-order valence-electron chi connectivity index (χ0n) is 17.6. The Labute approximate surface area is 175 Å². The largest absolute Gasteiger partial charge is 0.481 e. The first kappa shape index (κ1) is 24.4. The van der Waals surface area contributed by atoms with Gasteiger partial charge in [0, 0.05) is 6.42 Å². The van der Waals surface area contributed by atoms with Gasteiger partial charge in [0.2, 0.25) is 5.75 Å². The standard InChI is InChI=1S/C19H22N2O5S.C2H6/c1-4-14(22)11-21-17(23)16(26-12-13-9-7-6-8-10-13)15(18(24)25-5-2)20-19(21)27-3;1-2/h6-10H,4-5,11-12H2,1-3H3;1-2H3. The van der Waals surface area contributed by atoms with E-state index in [1.807, 2.05) is 44.2 Å². The van der Waals surface area contributed by atoms with Gasteiger partial charge in [0.15, 0.2) is 16.6 Å². The predicted octanol–water partition coefficient (Wildman–Crippen LogP) is 3.73. The van der Waals surface area contributed by atoms with E-state index in [0.717, 1.165) is 5.56 Å². The maximum absolute atomic E-state index is 13.0. The highest BCUT2D eigenvalue weighted by molar-refractivity contribution is 7.98. The molecule has 1 heterocycles. The van der Waals surface area contributed by atoms with Gasteiger partial charge in [-0.05, 0) is 18.7 Å². The summed E-state index contributed by atoms with van der Waals surface area (Å²) in [6.07, 6.45) is 2.01. The lowest BCUT2D eigenvalue weighted by Gasteiger charge is -2.15. The first-order valence-corrected chi connectivity index (χ1v) is 10.8. The van der Waals surface area contributed by atoms with Gasteiger partial charge in [-0.15, -0.1) is 0 Å². The molecule has 2 aromatic rings. The van der Waals surface area contributed by atoms with Crippen LogP contribution in [0.2, 0.25) is 0 Å². The molecule has 0 aliphatic rings. The number of benzene rings is 1. The number of nitrogens with zero attached hydrogens (tertiary/aromatic N) is 2. The van der Waals surface area contributed by atoms with E-state index < -0.39 is 11.5 Å². The summed E-state index contributed by atoms with van der Waals surface area (Å²) in [6, 6.07) is 9.24. The van der Waals surface area contributed by atoms with E-state index in [1.165, 1.54) is 16.3 Å². The Balaban J connectivity index is 0.00000204. The lowest BCUT2D eigenvalue weighted by atomic mass is 10.2. The van der Waals surface area contributed by atoms with E-state index in [4.69, 9.17) is 9.47 Å². The number of Topliss-reactive ketones (excluding diaryl/α,β-unsaturated/α-hetero) is 1. The van der Waals surface area contributed by atoms with Crippen LogP contribution in [-0.4, -0.2) is 34.2 Å². The molecule has 0 aliphatic heterocycles. The van der Waals surface area contributed by atoms with Crippen molar-refractivity contribution in [2.24, 2.45) is 0 Å². The number of ether oxygens (including phenoxy) is 2. The van der Waals surface area contributed by atoms with E-state index >= 15 is 0 Å². The Kier molecular flexibility index (Phi) is 10.8. The Morgan fingerprint density at radius 3 is 2.34 bits per heavy atom. The molecule has 8 heteroatoms. The molecular weight excluding hydrogens is 392 g/mol. The monoisotopic (exact) mass is 420 g/mol. The summed E-state index contributed by atoms with van der Waals surface area (Å²) in [5.74, 6) is -1.06. The molecule has 1 aromatic carbocycles. The molecule has 0 atom stereocenters. The number of hydrogen-bond donors (Lipinski definition) is 0. The molecule has 7 nitrogen and oxygen atoms in total. The normalized spacial score (nSPS) is 9.97. The third-order valence-electron chi connectivity index (χ3n) is 3.70. The molecule has 1 aromatic heterocycles. The molecule has 0 N–H and O–H groups in total. The van der Waals surface area contributed by atoms with Gasteiger partial charge in [-0.1, -0.05) is 62.9 Å². The van der Waals surface area contributed by atoms with Gasteiger partial charge < -0.3 is 9.47 Å². The Morgan fingerprint density at radius 2 is 1.79 bits per heavy atom. The first-order chi connectivity index (χ1) is 14.0. The zero-order valence-corrected chi connectivity index (χ0v) is 18.4. The summed E-state index contributed by atoms with van der Waals surface area (Å²) in [7, 11) is 0. The lowest BCUT2D eigenvalue weighted by molar-refractivity contribution is -0.119. The van der Waals surface area contributed by atoms with Crippen molar-refractivity contribution in [3.8, 4) is 5.75 Å². The number of carbonyl (C=O) groups is 2. The molecule has 0 saturated carbocycles. The van der Waals surface area contributed by atoms with Crippen LogP contribution in [-0.2, 0) is 22.7 Å². The molecule has 0 unspecified atom stereocenters. The SMILES string of the molecule is CC.CCOC(=O)c1nc(SC)n(CC(=O)CC)c(=O)c1OCc1ccccc1. The minimum Gasteiger partial charge on any atom is -0.481 e. The fourth-order valence-corrected chi connectivity index (χ4v) is 2.85. The molecule has 0 radical (unpaired) electrons. The van der Waals surface area contributed by atoms with Crippen molar-refractivity contribution in [3.05, 3.63) is 51.9 Å². The maximum Gasteiger partial charge on any atom is 0.361 e. The van der Waals surface area contributed by atoms with Crippen LogP contribution in [0.3, 0.4) is 0 Å². The number of esters is 1. The zero-order chi connectivity index (χ0) is 21.8. The van der Waals surface area contributed by atoms with Crippen molar-refractivity contribution in [2.75, 3.05) is 12.9 Å². The van der Waals surface area contributed by atoms with Crippen LogP contribution in [0.15, 0.2) is 40.3 Å². The van der Waals surface area contributed by atoms with Crippen LogP contribution in [0.5, 0.6) is 5.75 Å². The van der Waals surface area contributed by atoms with E-state index in [2.05, 4.69) is 4.98 Å². The minimum atomic E-state index is -0.734. The summed E-state index contributed by atoms with van der Waals surface area (Å²) in [4.78, 5) is 41.4. The number of rotatable bonds is 9. The van der Waals surface area contributed by atoms with Crippen LogP contribution < -0.4 is 10.3 Å². The summed E-state index contributed by atoms with van der Waals surface area (Å²) in [5, 5.41) is 0.261. The summed E-state index contributed by atoms with van der Waals surface area (Å²) in [6.45, 7) is 7.50. The van der Waals surface area contributed by atoms with E-state index in [0.29, 0.717) is 6.42 Å². The van der Waals surface area contributed by atoms with Gasteiger partial charge in [-0.2, -0.15) is 0 Å². The van der Waals surface area contributed by atoms with Gasteiger partial charge in [-0.25, -0.2) is 9.78 Å².